The number of unbranched alkanes of at least 4 members (excludes halogenated alkanes) is 2. The Bertz CT molecular complexity index is 126. The maximum atomic E-state index is 8.60. The summed E-state index contributed by atoms with van der Waals surface area (Å²) in [7, 11) is 0. The second-order valence-corrected chi connectivity index (χ2v) is 5.39. The van der Waals surface area contributed by atoms with Gasteiger partial charge < -0.3 is 10.4 Å². The van der Waals surface area contributed by atoms with Crippen LogP contribution in [0.25, 0.3) is 0 Å². The van der Waals surface area contributed by atoms with E-state index in [1.807, 2.05) is 0 Å². The third-order valence-corrected chi connectivity index (χ3v) is 4.06. The van der Waals surface area contributed by atoms with Crippen molar-refractivity contribution in [3.63, 3.8) is 0 Å². The van der Waals surface area contributed by atoms with E-state index in [9.17, 15) is 0 Å². The molecule has 1 aliphatic heterocycles. The fourth-order valence-corrected chi connectivity index (χ4v) is 3.04. The highest BCUT2D eigenvalue weighted by atomic mass is 32.2. The van der Waals surface area contributed by atoms with Gasteiger partial charge in [0.25, 0.3) is 0 Å². The molecule has 84 valence electrons. The van der Waals surface area contributed by atoms with Gasteiger partial charge in [-0.25, -0.2) is 0 Å². The van der Waals surface area contributed by atoms with Crippen molar-refractivity contribution in [3.8, 4) is 0 Å². The first-order chi connectivity index (χ1) is 6.93. The standard InChI is InChI=1S/C11H23NOS/c13-8-4-1-3-7-12-10-11-6-2-5-9-14-11/h11-13H,1-10H2. The van der Waals surface area contributed by atoms with Gasteiger partial charge >= 0.3 is 0 Å². The summed E-state index contributed by atoms with van der Waals surface area (Å²) in [5, 5.41) is 13.0. The number of aliphatic hydroxyl groups is 1. The van der Waals surface area contributed by atoms with Crippen LogP contribution in [0.3, 0.4) is 0 Å². The number of aliphatic hydroxyl groups excluding tert-OH is 1. The van der Waals surface area contributed by atoms with Gasteiger partial charge in [0.2, 0.25) is 0 Å². The van der Waals surface area contributed by atoms with Crippen molar-refractivity contribution >= 4 is 11.8 Å². The van der Waals surface area contributed by atoms with Gasteiger partial charge in [0.1, 0.15) is 0 Å². The van der Waals surface area contributed by atoms with Gasteiger partial charge in [-0.15, -0.1) is 0 Å². The quantitative estimate of drug-likeness (QED) is 0.640. The summed E-state index contributed by atoms with van der Waals surface area (Å²) in [6.45, 7) is 2.65. The smallest absolute Gasteiger partial charge is 0.0431 e. The maximum Gasteiger partial charge on any atom is 0.0431 e. The maximum absolute atomic E-state index is 8.60. The van der Waals surface area contributed by atoms with Gasteiger partial charge in [-0.1, -0.05) is 6.42 Å². The topological polar surface area (TPSA) is 32.3 Å². The lowest BCUT2D eigenvalue weighted by Gasteiger charge is -2.21. The third-order valence-electron chi connectivity index (χ3n) is 2.66. The highest BCUT2D eigenvalue weighted by Gasteiger charge is 2.12. The molecule has 1 heterocycles. The Morgan fingerprint density at radius 1 is 1.21 bits per heavy atom. The minimum atomic E-state index is 0.346. The van der Waals surface area contributed by atoms with Gasteiger partial charge in [0.05, 0.1) is 0 Å². The van der Waals surface area contributed by atoms with Crippen LogP contribution in [0.1, 0.15) is 38.5 Å². The normalized spacial score (nSPS) is 22.5. The average molecular weight is 217 g/mol. The van der Waals surface area contributed by atoms with Crippen LogP contribution < -0.4 is 5.32 Å². The molecule has 1 unspecified atom stereocenters. The molecule has 0 saturated carbocycles. The highest BCUT2D eigenvalue weighted by molar-refractivity contribution is 7.99. The lowest BCUT2D eigenvalue weighted by Crippen LogP contribution is -2.27. The SMILES string of the molecule is OCCCCCNCC1CCCCS1. The largest absolute Gasteiger partial charge is 0.396 e. The molecule has 2 nitrogen and oxygen atoms in total. The Kier molecular flexibility index (Phi) is 7.55. The first-order valence-corrected chi connectivity index (χ1v) is 6.91. The van der Waals surface area contributed by atoms with Crippen LogP contribution in [-0.4, -0.2) is 35.8 Å². The van der Waals surface area contributed by atoms with E-state index in [-0.39, 0.29) is 0 Å². The Labute approximate surface area is 91.9 Å². The van der Waals surface area contributed by atoms with Crippen molar-refractivity contribution in [3.05, 3.63) is 0 Å². The fraction of sp³-hybridized carbons (Fsp3) is 1.00. The van der Waals surface area contributed by atoms with E-state index in [2.05, 4.69) is 17.1 Å². The Morgan fingerprint density at radius 3 is 2.86 bits per heavy atom. The minimum absolute atomic E-state index is 0.346. The van der Waals surface area contributed by atoms with Crippen molar-refractivity contribution in [2.24, 2.45) is 0 Å². The van der Waals surface area contributed by atoms with Crippen LogP contribution in [0.2, 0.25) is 0 Å². The summed E-state index contributed by atoms with van der Waals surface area (Å²) in [4.78, 5) is 0. The molecule has 0 aromatic heterocycles. The molecule has 1 fully saturated rings. The molecule has 1 rings (SSSR count). The summed E-state index contributed by atoms with van der Waals surface area (Å²) in [5.74, 6) is 1.36. The van der Waals surface area contributed by atoms with Gasteiger partial charge in [0.15, 0.2) is 0 Å². The summed E-state index contributed by atoms with van der Waals surface area (Å²) in [6, 6.07) is 0. The molecule has 0 radical (unpaired) electrons. The number of nitrogens with one attached hydrogen (secondary N) is 1. The molecule has 2 N–H and O–H groups in total. The van der Waals surface area contributed by atoms with E-state index in [1.165, 1.54) is 38.0 Å². The Balaban J connectivity index is 1.82. The molecule has 3 heteroatoms. The monoisotopic (exact) mass is 217 g/mol. The van der Waals surface area contributed by atoms with Crippen LogP contribution >= 0.6 is 11.8 Å². The van der Waals surface area contributed by atoms with Crippen molar-refractivity contribution in [2.45, 2.75) is 43.8 Å². The number of hydrogen-bond acceptors (Lipinski definition) is 3. The zero-order valence-electron chi connectivity index (χ0n) is 9.00. The van der Waals surface area contributed by atoms with E-state index in [4.69, 9.17) is 5.11 Å². The van der Waals surface area contributed by atoms with Gasteiger partial charge in [-0.3, -0.25) is 0 Å². The molecule has 1 aliphatic rings. The van der Waals surface area contributed by atoms with Crippen molar-refractivity contribution in [1.29, 1.82) is 0 Å². The van der Waals surface area contributed by atoms with Gasteiger partial charge in [-0.05, 0) is 44.4 Å². The zero-order valence-corrected chi connectivity index (χ0v) is 9.82. The summed E-state index contributed by atoms with van der Waals surface area (Å²) in [6.07, 6.45) is 7.55. The molecular formula is C11H23NOS. The molecule has 0 bridgehead atoms. The molecule has 0 aromatic rings. The van der Waals surface area contributed by atoms with E-state index in [0.717, 1.165) is 24.6 Å². The molecule has 1 saturated heterocycles. The fourth-order valence-electron chi connectivity index (χ4n) is 1.77. The van der Waals surface area contributed by atoms with E-state index in [0.29, 0.717) is 6.61 Å². The molecule has 0 aliphatic carbocycles. The average Bonchev–Trinajstić information content (AvgIpc) is 2.25. The van der Waals surface area contributed by atoms with Crippen molar-refractivity contribution < 1.29 is 5.11 Å². The predicted molar refractivity (Wildman–Crippen MR) is 63.9 cm³/mol. The molecular weight excluding hydrogens is 194 g/mol. The lowest BCUT2D eigenvalue weighted by molar-refractivity contribution is 0.283. The number of rotatable bonds is 7. The molecule has 0 spiro atoms. The highest BCUT2D eigenvalue weighted by Crippen LogP contribution is 2.24. The van der Waals surface area contributed by atoms with Crippen LogP contribution in [-0.2, 0) is 0 Å². The van der Waals surface area contributed by atoms with Gasteiger partial charge in [0, 0.05) is 18.4 Å². The number of hydrogen-bond donors (Lipinski definition) is 2. The predicted octanol–water partition coefficient (Wildman–Crippen LogP) is 2.02. The lowest BCUT2D eigenvalue weighted by atomic mass is 10.2. The van der Waals surface area contributed by atoms with E-state index < -0.39 is 0 Å². The molecule has 0 amide bonds. The molecule has 14 heavy (non-hydrogen) atoms. The van der Waals surface area contributed by atoms with Crippen molar-refractivity contribution in [2.75, 3.05) is 25.4 Å². The Morgan fingerprint density at radius 2 is 2.14 bits per heavy atom. The molecule has 1 atom stereocenters. The molecule has 0 aromatic carbocycles. The summed E-state index contributed by atoms with van der Waals surface area (Å²) < 4.78 is 0. The second-order valence-electron chi connectivity index (χ2n) is 3.98. The van der Waals surface area contributed by atoms with E-state index >= 15 is 0 Å². The Hall–Kier alpha value is 0.270. The first-order valence-electron chi connectivity index (χ1n) is 5.86. The first kappa shape index (κ1) is 12.3. The van der Waals surface area contributed by atoms with Crippen LogP contribution in [0, 0.1) is 0 Å². The minimum Gasteiger partial charge on any atom is -0.396 e. The van der Waals surface area contributed by atoms with Crippen LogP contribution in [0.4, 0.5) is 0 Å². The van der Waals surface area contributed by atoms with Crippen LogP contribution in [0.5, 0.6) is 0 Å². The zero-order chi connectivity index (χ0) is 10.1. The van der Waals surface area contributed by atoms with E-state index in [1.54, 1.807) is 0 Å². The third kappa shape index (κ3) is 5.89. The van der Waals surface area contributed by atoms with Crippen LogP contribution in [0.15, 0.2) is 0 Å². The summed E-state index contributed by atoms with van der Waals surface area (Å²) in [5.41, 5.74) is 0. The van der Waals surface area contributed by atoms with Gasteiger partial charge in [-0.2, -0.15) is 11.8 Å². The summed E-state index contributed by atoms with van der Waals surface area (Å²) >= 11 is 2.13. The van der Waals surface area contributed by atoms with Crippen molar-refractivity contribution in [1.82, 2.24) is 5.32 Å². The number of thioether (sulfide) groups is 1. The second kappa shape index (κ2) is 8.57.